The first-order valence-corrected chi connectivity index (χ1v) is 3.58. The van der Waals surface area contributed by atoms with Crippen LogP contribution in [0.2, 0.25) is 0 Å². The molecule has 0 radical (unpaired) electrons. The Labute approximate surface area is 67.2 Å². The van der Waals surface area contributed by atoms with Crippen LogP contribution in [0.4, 0.5) is 0 Å². The number of carbonyl (C=O) groups is 1. The molecule has 0 amide bonds. The van der Waals surface area contributed by atoms with Gasteiger partial charge < -0.3 is 5.11 Å². The van der Waals surface area contributed by atoms with Crippen LogP contribution in [0, 0.1) is 0 Å². The summed E-state index contributed by atoms with van der Waals surface area (Å²) in [4.78, 5) is 10.3. The molecule has 0 saturated heterocycles. The monoisotopic (exact) mass is 154 g/mol. The maximum atomic E-state index is 10.3. The summed E-state index contributed by atoms with van der Waals surface area (Å²) < 4.78 is 0. The molecule has 1 N–H and O–H groups in total. The maximum absolute atomic E-state index is 10.3. The summed E-state index contributed by atoms with van der Waals surface area (Å²) in [5.74, 6) is -0.896. The van der Waals surface area contributed by atoms with Crippen LogP contribution in [0.3, 0.4) is 0 Å². The minimum atomic E-state index is -0.896. The van der Waals surface area contributed by atoms with Crippen LogP contribution in [0.25, 0.3) is 0 Å². The van der Waals surface area contributed by atoms with Crippen LogP contribution in [-0.2, 0) is 4.79 Å². The Bertz CT molecular complexity index is 186. The number of rotatable bonds is 4. The second kappa shape index (κ2) is 4.72. The molecule has 0 fully saturated rings. The Balaban J connectivity index is 3.64. The van der Waals surface area contributed by atoms with E-state index in [-0.39, 0.29) is 5.57 Å². The normalized spacial score (nSPS) is 8.91. The zero-order valence-electron chi connectivity index (χ0n) is 7.05. The predicted octanol–water partition coefficient (Wildman–Crippen LogP) is 2.37. The lowest BCUT2D eigenvalue weighted by Crippen LogP contribution is -1.97. The van der Waals surface area contributed by atoms with Crippen LogP contribution in [0.15, 0.2) is 23.8 Å². The average Bonchev–Trinajstić information content (AvgIpc) is 1.86. The van der Waals surface area contributed by atoms with E-state index in [1.807, 2.05) is 19.9 Å². The summed E-state index contributed by atoms with van der Waals surface area (Å²) in [5.41, 5.74) is 1.49. The summed E-state index contributed by atoms with van der Waals surface area (Å²) in [6.45, 7) is 7.40. The summed E-state index contributed by atoms with van der Waals surface area (Å²) in [5, 5.41) is 8.43. The Morgan fingerprint density at radius 3 is 2.45 bits per heavy atom. The third-order valence-electron chi connectivity index (χ3n) is 1.30. The van der Waals surface area contributed by atoms with Crippen LogP contribution in [0.1, 0.15) is 26.7 Å². The molecule has 62 valence electrons. The Hall–Kier alpha value is -1.05. The van der Waals surface area contributed by atoms with Gasteiger partial charge in [0.05, 0.1) is 0 Å². The number of aliphatic carboxylic acids is 1. The third kappa shape index (κ3) is 5.40. The van der Waals surface area contributed by atoms with Crippen molar-refractivity contribution in [3.05, 3.63) is 23.8 Å². The molecular weight excluding hydrogens is 140 g/mol. The summed E-state index contributed by atoms with van der Waals surface area (Å²) in [6, 6.07) is 0. The van der Waals surface area contributed by atoms with E-state index >= 15 is 0 Å². The molecule has 0 aliphatic rings. The van der Waals surface area contributed by atoms with E-state index < -0.39 is 5.97 Å². The smallest absolute Gasteiger partial charge is 0.330 e. The second-order valence-electron chi connectivity index (χ2n) is 2.73. The minimum absolute atomic E-state index is 0.280. The molecule has 0 saturated carbocycles. The fourth-order valence-electron chi connectivity index (χ4n) is 0.642. The van der Waals surface area contributed by atoms with Gasteiger partial charge in [0, 0.05) is 5.57 Å². The van der Waals surface area contributed by atoms with E-state index in [4.69, 9.17) is 5.11 Å². The molecule has 0 bridgehead atoms. The SMILES string of the molecule is C=C(CCC=C(C)C)C(=O)O. The first-order chi connectivity index (χ1) is 5.04. The van der Waals surface area contributed by atoms with Gasteiger partial charge in [0.2, 0.25) is 0 Å². The highest BCUT2D eigenvalue weighted by molar-refractivity contribution is 5.85. The van der Waals surface area contributed by atoms with E-state index in [0.29, 0.717) is 6.42 Å². The molecule has 0 aromatic carbocycles. The van der Waals surface area contributed by atoms with Crippen LogP contribution < -0.4 is 0 Å². The Kier molecular flexibility index (Phi) is 4.27. The molecule has 2 heteroatoms. The van der Waals surface area contributed by atoms with Gasteiger partial charge >= 0.3 is 5.97 Å². The third-order valence-corrected chi connectivity index (χ3v) is 1.30. The number of carboxylic acid groups (broad SMARTS) is 1. The molecule has 0 unspecified atom stereocenters. The van der Waals surface area contributed by atoms with Gasteiger partial charge in [0.15, 0.2) is 0 Å². The average molecular weight is 154 g/mol. The lowest BCUT2D eigenvalue weighted by Gasteiger charge is -1.95. The molecule has 0 aliphatic carbocycles. The van der Waals surface area contributed by atoms with Gasteiger partial charge in [-0.3, -0.25) is 0 Å². The van der Waals surface area contributed by atoms with Gasteiger partial charge in [-0.05, 0) is 26.7 Å². The van der Waals surface area contributed by atoms with E-state index in [1.165, 1.54) is 5.57 Å². The van der Waals surface area contributed by atoms with Crippen LogP contribution in [-0.4, -0.2) is 11.1 Å². The molecule has 0 aliphatic heterocycles. The van der Waals surface area contributed by atoms with Crippen molar-refractivity contribution in [2.75, 3.05) is 0 Å². The van der Waals surface area contributed by atoms with Gasteiger partial charge in [0.25, 0.3) is 0 Å². The van der Waals surface area contributed by atoms with Crippen LogP contribution in [0.5, 0.6) is 0 Å². The van der Waals surface area contributed by atoms with Crippen molar-refractivity contribution < 1.29 is 9.90 Å². The molecule has 0 aromatic heterocycles. The number of allylic oxidation sites excluding steroid dienone is 2. The van der Waals surface area contributed by atoms with Crippen molar-refractivity contribution in [1.29, 1.82) is 0 Å². The van der Waals surface area contributed by atoms with E-state index in [0.717, 1.165) is 6.42 Å². The first-order valence-electron chi connectivity index (χ1n) is 3.58. The van der Waals surface area contributed by atoms with E-state index in [2.05, 4.69) is 6.58 Å². The largest absolute Gasteiger partial charge is 0.478 e. The zero-order valence-corrected chi connectivity index (χ0v) is 7.05. The van der Waals surface area contributed by atoms with Gasteiger partial charge in [-0.25, -0.2) is 4.79 Å². The Morgan fingerprint density at radius 2 is 2.09 bits per heavy atom. The minimum Gasteiger partial charge on any atom is -0.478 e. The number of carboxylic acids is 1. The van der Waals surface area contributed by atoms with E-state index in [9.17, 15) is 4.79 Å². The number of hydrogen-bond acceptors (Lipinski definition) is 1. The van der Waals surface area contributed by atoms with Crippen molar-refractivity contribution in [1.82, 2.24) is 0 Å². The maximum Gasteiger partial charge on any atom is 0.330 e. The molecule has 0 aromatic rings. The molecule has 0 atom stereocenters. The van der Waals surface area contributed by atoms with Gasteiger partial charge in [-0.15, -0.1) is 0 Å². The fraction of sp³-hybridized carbons (Fsp3) is 0.444. The molecule has 0 rings (SSSR count). The lowest BCUT2D eigenvalue weighted by molar-refractivity contribution is -0.132. The molecule has 0 heterocycles. The van der Waals surface area contributed by atoms with Gasteiger partial charge in [-0.1, -0.05) is 18.2 Å². The molecular formula is C9H14O2. The predicted molar refractivity (Wildman–Crippen MR) is 45.4 cm³/mol. The summed E-state index contributed by atoms with van der Waals surface area (Å²) in [6.07, 6.45) is 3.32. The zero-order chi connectivity index (χ0) is 8.85. The quantitative estimate of drug-likeness (QED) is 0.498. The van der Waals surface area contributed by atoms with Crippen molar-refractivity contribution >= 4 is 5.97 Å². The second-order valence-corrected chi connectivity index (χ2v) is 2.73. The molecule has 0 spiro atoms. The standard InChI is InChI=1S/C9H14O2/c1-7(2)5-4-6-8(3)9(10)11/h5H,3-4,6H2,1-2H3,(H,10,11). The highest BCUT2D eigenvalue weighted by Crippen LogP contribution is 2.04. The Morgan fingerprint density at radius 1 is 1.55 bits per heavy atom. The van der Waals surface area contributed by atoms with Crippen molar-refractivity contribution in [3.8, 4) is 0 Å². The van der Waals surface area contributed by atoms with Gasteiger partial charge in [-0.2, -0.15) is 0 Å². The van der Waals surface area contributed by atoms with Crippen LogP contribution >= 0.6 is 0 Å². The summed E-state index contributed by atoms with van der Waals surface area (Å²) in [7, 11) is 0. The first kappa shape index (κ1) is 9.95. The molecule has 11 heavy (non-hydrogen) atoms. The topological polar surface area (TPSA) is 37.3 Å². The van der Waals surface area contributed by atoms with Crippen molar-refractivity contribution in [2.45, 2.75) is 26.7 Å². The van der Waals surface area contributed by atoms with Crippen molar-refractivity contribution in [3.63, 3.8) is 0 Å². The highest BCUT2D eigenvalue weighted by atomic mass is 16.4. The van der Waals surface area contributed by atoms with E-state index in [1.54, 1.807) is 0 Å². The molecule has 2 nitrogen and oxygen atoms in total. The fourth-order valence-corrected chi connectivity index (χ4v) is 0.642. The lowest BCUT2D eigenvalue weighted by atomic mass is 10.1. The van der Waals surface area contributed by atoms with Crippen molar-refractivity contribution in [2.24, 2.45) is 0 Å². The summed E-state index contributed by atoms with van der Waals surface area (Å²) >= 11 is 0. The highest BCUT2D eigenvalue weighted by Gasteiger charge is 2.00. The number of hydrogen-bond donors (Lipinski definition) is 1. The van der Waals surface area contributed by atoms with Gasteiger partial charge in [0.1, 0.15) is 0 Å².